The van der Waals surface area contributed by atoms with E-state index in [1.807, 2.05) is 7.05 Å². The Balaban J connectivity index is 2.28. The highest BCUT2D eigenvalue weighted by atomic mass is 16.5. The minimum atomic E-state index is 0.324. The van der Waals surface area contributed by atoms with E-state index in [4.69, 9.17) is 9.47 Å². The molecule has 0 aromatic rings. The second-order valence-corrected chi connectivity index (χ2v) is 4.77. The van der Waals surface area contributed by atoms with Crippen LogP contribution in [0.4, 0.5) is 0 Å². The predicted molar refractivity (Wildman–Crippen MR) is 66.7 cm³/mol. The molecule has 0 amide bonds. The average molecular weight is 229 g/mol. The zero-order chi connectivity index (χ0) is 11.8. The Morgan fingerprint density at radius 2 is 2.00 bits per heavy atom. The molecule has 0 spiro atoms. The van der Waals surface area contributed by atoms with Crippen LogP contribution in [0, 0.1) is 5.92 Å². The number of hydrogen-bond donors (Lipinski definition) is 1. The molecule has 3 unspecified atom stereocenters. The summed E-state index contributed by atoms with van der Waals surface area (Å²) in [5, 5.41) is 3.23. The minimum Gasteiger partial charge on any atom is -0.383 e. The molecule has 0 aliphatic heterocycles. The molecule has 0 heterocycles. The average Bonchev–Trinajstić information content (AvgIpc) is 2.34. The quantitative estimate of drug-likeness (QED) is 0.726. The van der Waals surface area contributed by atoms with Crippen LogP contribution in [0.5, 0.6) is 0 Å². The Kier molecular flexibility index (Phi) is 7.01. The highest BCUT2D eigenvalue weighted by Gasteiger charge is 2.24. The Morgan fingerprint density at radius 1 is 1.25 bits per heavy atom. The van der Waals surface area contributed by atoms with E-state index in [1.165, 1.54) is 32.1 Å². The van der Waals surface area contributed by atoms with E-state index in [1.54, 1.807) is 7.11 Å². The maximum absolute atomic E-state index is 6.05. The van der Waals surface area contributed by atoms with Crippen molar-refractivity contribution in [3.8, 4) is 0 Å². The molecule has 0 aromatic carbocycles. The number of hydrogen-bond acceptors (Lipinski definition) is 3. The van der Waals surface area contributed by atoms with Crippen molar-refractivity contribution in [2.24, 2.45) is 5.92 Å². The van der Waals surface area contributed by atoms with Gasteiger partial charge in [0.15, 0.2) is 0 Å². The van der Waals surface area contributed by atoms with Crippen molar-refractivity contribution in [2.75, 3.05) is 27.4 Å². The van der Waals surface area contributed by atoms with Crippen LogP contribution in [0.25, 0.3) is 0 Å². The van der Waals surface area contributed by atoms with Crippen molar-refractivity contribution in [2.45, 2.75) is 51.2 Å². The number of rotatable bonds is 7. The standard InChI is InChI=1S/C13H27NO2/c1-4-11-7-5-6-8-13(11)16-10-12(14-2)9-15-3/h11-14H,4-10H2,1-3H3. The van der Waals surface area contributed by atoms with Gasteiger partial charge in [-0.15, -0.1) is 0 Å². The summed E-state index contributed by atoms with van der Waals surface area (Å²) in [5.74, 6) is 0.772. The van der Waals surface area contributed by atoms with E-state index in [9.17, 15) is 0 Å². The zero-order valence-electron chi connectivity index (χ0n) is 11.0. The molecule has 0 saturated heterocycles. The SMILES string of the molecule is CCC1CCCCC1OCC(COC)NC. The molecule has 0 radical (unpaired) electrons. The zero-order valence-corrected chi connectivity index (χ0v) is 11.0. The van der Waals surface area contributed by atoms with Gasteiger partial charge in [0.25, 0.3) is 0 Å². The third-order valence-corrected chi connectivity index (χ3v) is 3.65. The third-order valence-electron chi connectivity index (χ3n) is 3.65. The van der Waals surface area contributed by atoms with Gasteiger partial charge in [-0.1, -0.05) is 26.2 Å². The molecule has 3 heteroatoms. The summed E-state index contributed by atoms with van der Waals surface area (Å²) in [4.78, 5) is 0. The van der Waals surface area contributed by atoms with Crippen molar-refractivity contribution in [1.29, 1.82) is 0 Å². The van der Waals surface area contributed by atoms with Crippen molar-refractivity contribution in [3.63, 3.8) is 0 Å². The summed E-state index contributed by atoms with van der Waals surface area (Å²) >= 11 is 0. The largest absolute Gasteiger partial charge is 0.383 e. The van der Waals surface area contributed by atoms with E-state index in [2.05, 4.69) is 12.2 Å². The first-order valence-corrected chi connectivity index (χ1v) is 6.59. The number of likely N-dealkylation sites (N-methyl/N-ethyl adjacent to an activating group) is 1. The maximum atomic E-state index is 6.05. The van der Waals surface area contributed by atoms with Crippen molar-refractivity contribution < 1.29 is 9.47 Å². The molecule has 1 fully saturated rings. The lowest BCUT2D eigenvalue weighted by atomic mass is 9.85. The molecule has 16 heavy (non-hydrogen) atoms. The van der Waals surface area contributed by atoms with Crippen LogP contribution in [0.15, 0.2) is 0 Å². The Morgan fingerprint density at radius 3 is 2.62 bits per heavy atom. The van der Waals surface area contributed by atoms with Gasteiger partial charge in [0.2, 0.25) is 0 Å². The first kappa shape index (κ1) is 13.9. The third kappa shape index (κ3) is 4.40. The van der Waals surface area contributed by atoms with Gasteiger partial charge in [-0.3, -0.25) is 0 Å². The van der Waals surface area contributed by atoms with Crippen molar-refractivity contribution in [1.82, 2.24) is 5.32 Å². The first-order valence-electron chi connectivity index (χ1n) is 6.59. The Labute approximate surface area is 99.9 Å². The molecule has 1 rings (SSSR count). The van der Waals surface area contributed by atoms with E-state index in [0.717, 1.165) is 19.1 Å². The Hall–Kier alpha value is -0.120. The van der Waals surface area contributed by atoms with E-state index < -0.39 is 0 Å². The topological polar surface area (TPSA) is 30.5 Å². The van der Waals surface area contributed by atoms with Crippen LogP contribution in [0.1, 0.15) is 39.0 Å². The van der Waals surface area contributed by atoms with Crippen LogP contribution >= 0.6 is 0 Å². The van der Waals surface area contributed by atoms with Crippen LogP contribution < -0.4 is 5.32 Å². The fraction of sp³-hybridized carbons (Fsp3) is 1.00. The summed E-state index contributed by atoms with van der Waals surface area (Å²) in [7, 11) is 3.70. The number of nitrogens with one attached hydrogen (secondary N) is 1. The normalized spacial score (nSPS) is 27.9. The first-order chi connectivity index (χ1) is 7.81. The molecule has 3 atom stereocenters. The summed E-state index contributed by atoms with van der Waals surface area (Å²) in [6.07, 6.45) is 7.02. The van der Waals surface area contributed by atoms with Crippen LogP contribution in [0.3, 0.4) is 0 Å². The van der Waals surface area contributed by atoms with Crippen molar-refractivity contribution in [3.05, 3.63) is 0 Å². The predicted octanol–water partition coefficient (Wildman–Crippen LogP) is 2.21. The molecule has 1 saturated carbocycles. The molecule has 0 aromatic heterocycles. The second kappa shape index (κ2) is 8.04. The molecule has 1 aliphatic carbocycles. The van der Waals surface area contributed by atoms with Gasteiger partial charge in [0.1, 0.15) is 0 Å². The van der Waals surface area contributed by atoms with E-state index in [0.29, 0.717) is 12.1 Å². The minimum absolute atomic E-state index is 0.324. The fourth-order valence-corrected chi connectivity index (χ4v) is 2.52. The van der Waals surface area contributed by atoms with Crippen molar-refractivity contribution >= 4 is 0 Å². The summed E-state index contributed by atoms with van der Waals surface area (Å²) < 4.78 is 11.2. The molecule has 3 nitrogen and oxygen atoms in total. The molecular formula is C13H27NO2. The van der Waals surface area contributed by atoms with E-state index in [-0.39, 0.29) is 0 Å². The van der Waals surface area contributed by atoms with Gasteiger partial charge < -0.3 is 14.8 Å². The molecule has 1 N–H and O–H groups in total. The van der Waals surface area contributed by atoms with Gasteiger partial charge in [-0.2, -0.15) is 0 Å². The molecular weight excluding hydrogens is 202 g/mol. The van der Waals surface area contributed by atoms with Crippen LogP contribution in [-0.2, 0) is 9.47 Å². The van der Waals surface area contributed by atoms with Gasteiger partial charge >= 0.3 is 0 Å². The smallest absolute Gasteiger partial charge is 0.0646 e. The monoisotopic (exact) mass is 229 g/mol. The molecule has 96 valence electrons. The lowest BCUT2D eigenvalue weighted by molar-refractivity contribution is -0.0287. The fourth-order valence-electron chi connectivity index (χ4n) is 2.52. The number of ether oxygens (including phenoxy) is 2. The highest BCUT2D eigenvalue weighted by Crippen LogP contribution is 2.29. The molecule has 1 aliphatic rings. The summed E-state index contributed by atoms with van der Waals surface area (Å²) in [6, 6.07) is 0.324. The Bertz CT molecular complexity index is 175. The van der Waals surface area contributed by atoms with Gasteiger partial charge in [-0.05, 0) is 25.8 Å². The van der Waals surface area contributed by atoms with Gasteiger partial charge in [-0.25, -0.2) is 0 Å². The van der Waals surface area contributed by atoms with E-state index >= 15 is 0 Å². The van der Waals surface area contributed by atoms with Crippen LogP contribution in [0.2, 0.25) is 0 Å². The maximum Gasteiger partial charge on any atom is 0.0646 e. The second-order valence-electron chi connectivity index (χ2n) is 4.77. The van der Waals surface area contributed by atoms with Crippen LogP contribution in [-0.4, -0.2) is 39.5 Å². The molecule has 0 bridgehead atoms. The lowest BCUT2D eigenvalue weighted by Gasteiger charge is -2.32. The summed E-state index contributed by atoms with van der Waals surface area (Å²) in [5.41, 5.74) is 0. The number of methoxy groups -OCH3 is 1. The van der Waals surface area contributed by atoms with Gasteiger partial charge in [0, 0.05) is 7.11 Å². The highest BCUT2D eigenvalue weighted by molar-refractivity contribution is 4.76. The summed E-state index contributed by atoms with van der Waals surface area (Å²) in [6.45, 7) is 3.77. The van der Waals surface area contributed by atoms with Gasteiger partial charge in [0.05, 0.1) is 25.4 Å². The lowest BCUT2D eigenvalue weighted by Crippen LogP contribution is -2.38.